The molecule has 7 heteroatoms. The van der Waals surface area contributed by atoms with E-state index in [4.69, 9.17) is 18.7 Å². The third-order valence-corrected chi connectivity index (χ3v) is 5.25. The molecule has 1 aliphatic heterocycles. The SMILES string of the molecule is CCCc1noc(COC(=O)C2(c3ccc4c(c3)OCCO4)CCCC2)n1. The Morgan fingerprint density at radius 2 is 1.96 bits per heavy atom. The van der Waals surface area contributed by atoms with E-state index in [1.807, 2.05) is 25.1 Å². The summed E-state index contributed by atoms with van der Waals surface area (Å²) >= 11 is 0. The monoisotopic (exact) mass is 372 g/mol. The molecule has 0 saturated heterocycles. The van der Waals surface area contributed by atoms with E-state index in [1.165, 1.54) is 0 Å². The van der Waals surface area contributed by atoms with E-state index in [-0.39, 0.29) is 12.6 Å². The minimum absolute atomic E-state index is 0.00183. The highest BCUT2D eigenvalue weighted by atomic mass is 16.6. The molecule has 1 aliphatic carbocycles. The zero-order valence-corrected chi connectivity index (χ0v) is 15.5. The Balaban J connectivity index is 1.51. The summed E-state index contributed by atoms with van der Waals surface area (Å²) in [6, 6.07) is 5.76. The molecule has 0 unspecified atom stereocenters. The third-order valence-electron chi connectivity index (χ3n) is 5.25. The van der Waals surface area contributed by atoms with E-state index in [1.54, 1.807) is 0 Å². The van der Waals surface area contributed by atoms with Crippen molar-refractivity contribution in [2.24, 2.45) is 0 Å². The highest BCUT2D eigenvalue weighted by Crippen LogP contribution is 2.45. The van der Waals surface area contributed by atoms with Crippen molar-refractivity contribution >= 4 is 5.97 Å². The van der Waals surface area contributed by atoms with Gasteiger partial charge in [-0.25, -0.2) is 0 Å². The second-order valence-electron chi connectivity index (χ2n) is 7.08. The van der Waals surface area contributed by atoms with Crippen molar-refractivity contribution in [2.75, 3.05) is 13.2 Å². The Morgan fingerprint density at radius 3 is 2.74 bits per heavy atom. The summed E-state index contributed by atoms with van der Waals surface area (Å²) in [5, 5.41) is 3.90. The van der Waals surface area contributed by atoms with Crippen LogP contribution in [-0.4, -0.2) is 29.3 Å². The molecule has 0 atom stereocenters. The molecule has 0 amide bonds. The second-order valence-corrected chi connectivity index (χ2v) is 7.08. The number of carbonyl (C=O) groups excluding carboxylic acids is 1. The van der Waals surface area contributed by atoms with E-state index >= 15 is 0 Å². The van der Waals surface area contributed by atoms with Gasteiger partial charge in [-0.1, -0.05) is 31.0 Å². The second kappa shape index (κ2) is 7.58. The summed E-state index contributed by atoms with van der Waals surface area (Å²) in [5.41, 5.74) is 0.272. The molecule has 27 heavy (non-hydrogen) atoms. The normalized spacial score (nSPS) is 17.7. The molecule has 2 aromatic rings. The summed E-state index contributed by atoms with van der Waals surface area (Å²) in [5.74, 6) is 2.15. The number of hydrogen-bond acceptors (Lipinski definition) is 7. The number of carbonyl (C=O) groups is 1. The zero-order chi connectivity index (χ0) is 18.7. The molecule has 4 rings (SSSR count). The molecule has 0 bridgehead atoms. The van der Waals surface area contributed by atoms with Crippen molar-refractivity contribution in [3.05, 3.63) is 35.5 Å². The quantitative estimate of drug-likeness (QED) is 0.719. The van der Waals surface area contributed by atoms with Crippen molar-refractivity contribution in [3.63, 3.8) is 0 Å². The van der Waals surface area contributed by atoms with Gasteiger partial charge in [0.1, 0.15) is 13.2 Å². The van der Waals surface area contributed by atoms with Crippen LogP contribution in [0.5, 0.6) is 11.5 Å². The molecule has 1 saturated carbocycles. The van der Waals surface area contributed by atoms with E-state index < -0.39 is 5.41 Å². The highest BCUT2D eigenvalue weighted by Gasteiger charge is 2.45. The molecular formula is C20H24N2O5. The largest absolute Gasteiger partial charge is 0.486 e. The topological polar surface area (TPSA) is 83.7 Å². The molecule has 7 nitrogen and oxygen atoms in total. The van der Waals surface area contributed by atoms with Crippen molar-refractivity contribution in [2.45, 2.75) is 57.5 Å². The van der Waals surface area contributed by atoms with Crippen molar-refractivity contribution in [1.82, 2.24) is 10.1 Å². The van der Waals surface area contributed by atoms with E-state index in [0.717, 1.165) is 49.8 Å². The Hall–Kier alpha value is -2.57. The third kappa shape index (κ3) is 3.50. The van der Waals surface area contributed by atoms with Crippen LogP contribution in [0.3, 0.4) is 0 Å². The molecular weight excluding hydrogens is 348 g/mol. The smallest absolute Gasteiger partial charge is 0.317 e. The fourth-order valence-corrected chi connectivity index (χ4v) is 3.87. The van der Waals surface area contributed by atoms with Crippen LogP contribution in [0.15, 0.2) is 22.7 Å². The molecule has 2 aliphatic rings. The first-order valence-corrected chi connectivity index (χ1v) is 9.60. The fourth-order valence-electron chi connectivity index (χ4n) is 3.87. The first-order valence-electron chi connectivity index (χ1n) is 9.60. The summed E-state index contributed by atoms with van der Waals surface area (Å²) in [6.45, 7) is 3.12. The van der Waals surface area contributed by atoms with Crippen LogP contribution in [0.25, 0.3) is 0 Å². The van der Waals surface area contributed by atoms with Crippen molar-refractivity contribution < 1.29 is 23.5 Å². The predicted molar refractivity (Wildman–Crippen MR) is 95.7 cm³/mol. The lowest BCUT2D eigenvalue weighted by Gasteiger charge is -2.28. The average Bonchev–Trinajstić information content (AvgIpc) is 3.36. The minimum Gasteiger partial charge on any atom is -0.486 e. The van der Waals surface area contributed by atoms with Gasteiger partial charge in [-0.2, -0.15) is 4.98 Å². The van der Waals surface area contributed by atoms with Gasteiger partial charge >= 0.3 is 5.97 Å². The number of hydrogen-bond donors (Lipinski definition) is 0. The van der Waals surface area contributed by atoms with Crippen LogP contribution in [-0.2, 0) is 28.0 Å². The van der Waals surface area contributed by atoms with Gasteiger partial charge in [0.2, 0.25) is 0 Å². The predicted octanol–water partition coefficient (Wildman–Crippen LogP) is 3.35. The van der Waals surface area contributed by atoms with Gasteiger partial charge in [-0.15, -0.1) is 0 Å². The zero-order valence-electron chi connectivity index (χ0n) is 15.5. The molecule has 1 aromatic carbocycles. The average molecular weight is 372 g/mol. The van der Waals surface area contributed by atoms with Crippen molar-refractivity contribution in [1.29, 1.82) is 0 Å². The summed E-state index contributed by atoms with van der Waals surface area (Å²) in [4.78, 5) is 17.3. The maximum absolute atomic E-state index is 13.1. The van der Waals surface area contributed by atoms with Crippen LogP contribution in [0, 0.1) is 0 Å². The lowest BCUT2D eigenvalue weighted by atomic mass is 9.78. The van der Waals surface area contributed by atoms with Crippen LogP contribution < -0.4 is 9.47 Å². The Bertz CT molecular complexity index is 810. The first kappa shape index (κ1) is 17.8. The fraction of sp³-hybridized carbons (Fsp3) is 0.550. The number of benzene rings is 1. The van der Waals surface area contributed by atoms with Gasteiger partial charge in [0, 0.05) is 6.42 Å². The molecule has 0 N–H and O–H groups in total. The van der Waals surface area contributed by atoms with E-state index in [9.17, 15) is 4.79 Å². The standard InChI is InChI=1S/C20H24N2O5/c1-2-5-17-21-18(27-22-17)13-26-19(23)20(8-3-4-9-20)14-6-7-15-16(12-14)25-11-10-24-15/h6-7,12H,2-5,8-11,13H2,1H3. The number of nitrogens with zero attached hydrogens (tertiary/aromatic N) is 2. The van der Waals surface area contributed by atoms with Gasteiger partial charge in [-0.3, -0.25) is 4.79 Å². The molecule has 0 spiro atoms. The number of fused-ring (bicyclic) bond motifs is 1. The number of ether oxygens (including phenoxy) is 3. The number of aromatic nitrogens is 2. The van der Waals surface area contributed by atoms with E-state index in [0.29, 0.717) is 30.7 Å². The van der Waals surface area contributed by atoms with Crippen molar-refractivity contribution in [3.8, 4) is 11.5 Å². The minimum atomic E-state index is -0.651. The van der Waals surface area contributed by atoms with Gasteiger partial charge in [-0.05, 0) is 37.0 Å². The Morgan fingerprint density at radius 1 is 1.19 bits per heavy atom. The Labute approximate surface area is 158 Å². The number of esters is 1. The van der Waals surface area contributed by atoms with Crippen LogP contribution in [0.1, 0.15) is 56.3 Å². The molecule has 0 radical (unpaired) electrons. The highest BCUT2D eigenvalue weighted by molar-refractivity contribution is 5.84. The molecule has 1 fully saturated rings. The van der Waals surface area contributed by atoms with Crippen LogP contribution in [0.4, 0.5) is 0 Å². The summed E-state index contributed by atoms with van der Waals surface area (Å²) < 4.78 is 22.1. The summed E-state index contributed by atoms with van der Waals surface area (Å²) in [6.07, 6.45) is 5.19. The van der Waals surface area contributed by atoms with Gasteiger partial charge in [0.05, 0.1) is 5.41 Å². The number of rotatable bonds is 6. The lowest BCUT2D eigenvalue weighted by Crippen LogP contribution is -2.35. The Kier molecular flexibility index (Phi) is 5.01. The van der Waals surface area contributed by atoms with Gasteiger partial charge in [0.15, 0.2) is 23.9 Å². The first-order chi connectivity index (χ1) is 13.2. The molecule has 1 aromatic heterocycles. The maximum Gasteiger partial charge on any atom is 0.317 e. The van der Waals surface area contributed by atoms with Gasteiger partial charge in [0.25, 0.3) is 5.89 Å². The summed E-state index contributed by atoms with van der Waals surface area (Å²) in [7, 11) is 0. The molecule has 144 valence electrons. The lowest BCUT2D eigenvalue weighted by molar-refractivity contribution is -0.152. The van der Waals surface area contributed by atoms with Crippen LogP contribution >= 0.6 is 0 Å². The van der Waals surface area contributed by atoms with E-state index in [2.05, 4.69) is 10.1 Å². The van der Waals surface area contributed by atoms with Crippen LogP contribution in [0.2, 0.25) is 0 Å². The van der Waals surface area contributed by atoms with Gasteiger partial charge < -0.3 is 18.7 Å². The number of aryl methyl sites for hydroxylation is 1. The molecule has 2 heterocycles. The maximum atomic E-state index is 13.1.